The predicted molar refractivity (Wildman–Crippen MR) is 57.4 cm³/mol. The van der Waals surface area contributed by atoms with Crippen LogP contribution in [0.25, 0.3) is 0 Å². The fraction of sp³-hybridized carbons (Fsp3) is 0.167. The van der Waals surface area contributed by atoms with Gasteiger partial charge in [-0.25, -0.2) is 0 Å². The summed E-state index contributed by atoms with van der Waals surface area (Å²) in [6.07, 6.45) is 4.60. The Morgan fingerprint density at radius 1 is 1.00 bits per heavy atom. The van der Waals surface area contributed by atoms with Gasteiger partial charge in [0.25, 0.3) is 11.8 Å². The number of fused-ring (bicyclic) bond motifs is 1. The van der Waals surface area contributed by atoms with Gasteiger partial charge in [0.05, 0.1) is 11.1 Å². The van der Waals surface area contributed by atoms with Crippen LogP contribution in [0.5, 0.6) is 0 Å². The van der Waals surface area contributed by atoms with E-state index < -0.39 is 0 Å². The van der Waals surface area contributed by atoms with Crippen molar-refractivity contribution in [2.75, 3.05) is 6.54 Å². The minimum atomic E-state index is -0.229. The summed E-state index contributed by atoms with van der Waals surface area (Å²) in [4.78, 5) is 24.0. The largest absolute Gasteiger partial charge is 0.283 e. The molecule has 0 bridgehead atoms. The number of nitrogens with zero attached hydrogens (tertiary/aromatic N) is 2. The maximum absolute atomic E-state index is 12.0. The van der Waals surface area contributed by atoms with Crippen LogP contribution in [0.4, 0.5) is 0 Å². The standard InChI is InChI=1S/C12H10N2O2/c15-11-9-5-1-2-6-10(9)12(16)14(11)13-7-3-4-8-13/h1-3,5-7H,4,8H2. The summed E-state index contributed by atoms with van der Waals surface area (Å²) in [7, 11) is 0. The first-order valence-electron chi connectivity index (χ1n) is 5.20. The van der Waals surface area contributed by atoms with Gasteiger partial charge in [-0.3, -0.25) is 14.6 Å². The molecule has 0 saturated carbocycles. The van der Waals surface area contributed by atoms with Gasteiger partial charge in [0.1, 0.15) is 0 Å². The Balaban J connectivity index is 2.04. The van der Waals surface area contributed by atoms with E-state index in [-0.39, 0.29) is 11.8 Å². The third kappa shape index (κ3) is 1.10. The monoisotopic (exact) mass is 214 g/mol. The second-order valence-corrected chi connectivity index (χ2v) is 3.80. The topological polar surface area (TPSA) is 40.6 Å². The molecule has 0 atom stereocenters. The minimum Gasteiger partial charge on any atom is -0.283 e. The molecule has 0 radical (unpaired) electrons. The zero-order valence-corrected chi connectivity index (χ0v) is 8.59. The summed E-state index contributed by atoms with van der Waals surface area (Å²) in [6, 6.07) is 6.92. The molecule has 0 aromatic heterocycles. The second kappa shape index (κ2) is 3.20. The Morgan fingerprint density at radius 3 is 2.12 bits per heavy atom. The van der Waals surface area contributed by atoms with Gasteiger partial charge in [0.2, 0.25) is 0 Å². The number of imide groups is 1. The van der Waals surface area contributed by atoms with Crippen molar-refractivity contribution in [1.82, 2.24) is 10.0 Å². The average molecular weight is 214 g/mol. The Morgan fingerprint density at radius 2 is 1.62 bits per heavy atom. The highest BCUT2D eigenvalue weighted by Crippen LogP contribution is 2.25. The van der Waals surface area contributed by atoms with E-state index in [4.69, 9.17) is 0 Å². The third-order valence-corrected chi connectivity index (χ3v) is 2.83. The van der Waals surface area contributed by atoms with E-state index in [1.807, 2.05) is 6.08 Å². The number of carbonyl (C=O) groups is 2. The van der Waals surface area contributed by atoms with Gasteiger partial charge in [0.15, 0.2) is 0 Å². The average Bonchev–Trinajstić information content (AvgIpc) is 2.89. The maximum Gasteiger partial charge on any atom is 0.280 e. The van der Waals surface area contributed by atoms with E-state index in [9.17, 15) is 9.59 Å². The summed E-state index contributed by atoms with van der Waals surface area (Å²) in [5, 5.41) is 2.89. The lowest BCUT2D eigenvalue weighted by molar-refractivity contribution is 0.0250. The van der Waals surface area contributed by atoms with Gasteiger partial charge in [-0.1, -0.05) is 18.2 Å². The zero-order valence-electron chi connectivity index (χ0n) is 8.59. The Labute approximate surface area is 92.7 Å². The lowest BCUT2D eigenvalue weighted by atomic mass is 10.1. The molecule has 4 nitrogen and oxygen atoms in total. The molecular formula is C12H10N2O2. The molecule has 1 aromatic carbocycles. The highest BCUT2D eigenvalue weighted by molar-refractivity contribution is 6.21. The highest BCUT2D eigenvalue weighted by Gasteiger charge is 2.38. The summed E-state index contributed by atoms with van der Waals surface area (Å²) in [6.45, 7) is 0.686. The number of carbonyl (C=O) groups excluding carboxylic acids is 2. The van der Waals surface area contributed by atoms with Crippen molar-refractivity contribution in [2.24, 2.45) is 0 Å². The predicted octanol–water partition coefficient (Wildman–Crippen LogP) is 1.42. The Bertz CT molecular complexity index is 472. The van der Waals surface area contributed by atoms with Crippen molar-refractivity contribution in [2.45, 2.75) is 6.42 Å². The fourth-order valence-electron chi connectivity index (χ4n) is 2.05. The molecule has 0 unspecified atom stereocenters. The van der Waals surface area contributed by atoms with Crippen LogP contribution in [0.1, 0.15) is 27.1 Å². The molecule has 80 valence electrons. The number of rotatable bonds is 1. The maximum atomic E-state index is 12.0. The number of hydrogen-bond donors (Lipinski definition) is 0. The molecule has 1 aromatic rings. The quantitative estimate of drug-likeness (QED) is 0.664. The van der Waals surface area contributed by atoms with Crippen LogP contribution in [0.2, 0.25) is 0 Å². The molecule has 2 aliphatic rings. The van der Waals surface area contributed by atoms with Crippen LogP contribution in [0.3, 0.4) is 0 Å². The molecule has 2 aliphatic heterocycles. The Hall–Kier alpha value is -2.10. The van der Waals surface area contributed by atoms with Gasteiger partial charge in [0, 0.05) is 12.7 Å². The first-order chi connectivity index (χ1) is 7.79. The molecule has 16 heavy (non-hydrogen) atoms. The first-order valence-corrected chi connectivity index (χ1v) is 5.20. The molecule has 0 N–H and O–H groups in total. The molecular weight excluding hydrogens is 204 g/mol. The van der Waals surface area contributed by atoms with E-state index in [0.717, 1.165) is 6.42 Å². The van der Waals surface area contributed by atoms with Crippen LogP contribution < -0.4 is 0 Å². The molecule has 4 heteroatoms. The van der Waals surface area contributed by atoms with Gasteiger partial charge in [-0.05, 0) is 18.6 Å². The second-order valence-electron chi connectivity index (χ2n) is 3.80. The smallest absolute Gasteiger partial charge is 0.280 e. The molecule has 3 rings (SSSR count). The zero-order chi connectivity index (χ0) is 11.1. The number of hydrogen-bond acceptors (Lipinski definition) is 3. The highest BCUT2D eigenvalue weighted by atomic mass is 16.2. The van der Waals surface area contributed by atoms with Crippen molar-refractivity contribution in [3.63, 3.8) is 0 Å². The molecule has 0 saturated heterocycles. The van der Waals surface area contributed by atoms with Crippen molar-refractivity contribution >= 4 is 11.8 Å². The van der Waals surface area contributed by atoms with Crippen molar-refractivity contribution in [1.29, 1.82) is 0 Å². The molecule has 0 fully saturated rings. The lowest BCUT2D eigenvalue weighted by Crippen LogP contribution is -2.42. The molecule has 0 aliphatic carbocycles. The minimum absolute atomic E-state index is 0.229. The summed E-state index contributed by atoms with van der Waals surface area (Å²) in [5.41, 5.74) is 0.987. The molecule has 2 heterocycles. The van der Waals surface area contributed by atoms with Gasteiger partial charge >= 0.3 is 0 Å². The van der Waals surface area contributed by atoms with Gasteiger partial charge in [-0.15, -0.1) is 0 Å². The van der Waals surface area contributed by atoms with Crippen LogP contribution in [0, 0.1) is 0 Å². The van der Waals surface area contributed by atoms with Crippen LogP contribution in [-0.4, -0.2) is 28.4 Å². The molecule has 0 spiro atoms. The van der Waals surface area contributed by atoms with Gasteiger partial charge in [-0.2, -0.15) is 5.01 Å². The van der Waals surface area contributed by atoms with E-state index in [1.54, 1.807) is 35.5 Å². The SMILES string of the molecule is O=C1c2ccccc2C(=O)N1N1C=CCC1. The van der Waals surface area contributed by atoms with E-state index in [2.05, 4.69) is 0 Å². The van der Waals surface area contributed by atoms with E-state index >= 15 is 0 Å². The van der Waals surface area contributed by atoms with Crippen LogP contribution in [-0.2, 0) is 0 Å². The van der Waals surface area contributed by atoms with Crippen LogP contribution >= 0.6 is 0 Å². The van der Waals surface area contributed by atoms with Gasteiger partial charge < -0.3 is 0 Å². The van der Waals surface area contributed by atoms with E-state index in [0.29, 0.717) is 17.7 Å². The van der Waals surface area contributed by atoms with Crippen molar-refractivity contribution in [3.8, 4) is 0 Å². The summed E-state index contributed by atoms with van der Waals surface area (Å²) < 4.78 is 0. The first kappa shape index (κ1) is 9.15. The third-order valence-electron chi connectivity index (χ3n) is 2.83. The normalized spacial score (nSPS) is 18.5. The fourth-order valence-corrected chi connectivity index (χ4v) is 2.05. The van der Waals surface area contributed by atoms with Crippen LogP contribution in [0.15, 0.2) is 36.5 Å². The summed E-state index contributed by atoms with van der Waals surface area (Å²) in [5.74, 6) is -0.459. The number of benzene rings is 1. The van der Waals surface area contributed by atoms with E-state index in [1.165, 1.54) is 5.01 Å². The Kier molecular flexibility index (Phi) is 1.83. The van der Waals surface area contributed by atoms with Crippen molar-refractivity contribution < 1.29 is 9.59 Å². The lowest BCUT2D eigenvalue weighted by Gasteiger charge is -2.25. The molecule has 2 amide bonds. The number of hydrazine groups is 1. The summed E-state index contributed by atoms with van der Waals surface area (Å²) >= 11 is 0. The van der Waals surface area contributed by atoms with Crippen molar-refractivity contribution in [3.05, 3.63) is 47.7 Å². The number of amides is 2.